The number of thiophene rings is 1. The van der Waals surface area contributed by atoms with Gasteiger partial charge >= 0.3 is 0 Å². The van der Waals surface area contributed by atoms with Gasteiger partial charge in [-0.2, -0.15) is 4.31 Å². The molecule has 3 aromatic rings. The van der Waals surface area contributed by atoms with Gasteiger partial charge in [-0.05, 0) is 73.2 Å². The number of hydrogen-bond acceptors (Lipinski definition) is 6. The summed E-state index contributed by atoms with van der Waals surface area (Å²) in [6.45, 7) is 4.17. The fraction of sp³-hybridized carbons (Fsp3) is 0.370. The van der Waals surface area contributed by atoms with E-state index in [-0.39, 0.29) is 36.0 Å². The highest BCUT2D eigenvalue weighted by atomic mass is 35.5. The molecule has 0 saturated carbocycles. The van der Waals surface area contributed by atoms with Gasteiger partial charge in [0.15, 0.2) is 11.5 Å². The highest BCUT2D eigenvalue weighted by molar-refractivity contribution is 7.89. The molecule has 7 nitrogen and oxygen atoms in total. The van der Waals surface area contributed by atoms with Gasteiger partial charge in [0.05, 0.1) is 24.6 Å². The van der Waals surface area contributed by atoms with E-state index in [2.05, 4.69) is 0 Å². The van der Waals surface area contributed by atoms with Crippen molar-refractivity contribution in [1.82, 2.24) is 9.21 Å². The van der Waals surface area contributed by atoms with Crippen LogP contribution in [0.15, 0.2) is 64.9 Å². The number of nitrogens with zero attached hydrogens (tertiary/aromatic N) is 2. The zero-order valence-corrected chi connectivity index (χ0v) is 23.5. The zero-order valence-electron chi connectivity index (χ0n) is 21.1. The molecule has 4 rings (SSSR count). The summed E-state index contributed by atoms with van der Waals surface area (Å²) in [5.41, 5.74) is 1.04. The van der Waals surface area contributed by atoms with Gasteiger partial charge in [-0.1, -0.05) is 30.7 Å². The van der Waals surface area contributed by atoms with E-state index in [9.17, 15) is 13.2 Å². The lowest BCUT2D eigenvalue weighted by atomic mass is 10.0. The molecule has 1 aromatic heterocycles. The van der Waals surface area contributed by atoms with Gasteiger partial charge in [0.1, 0.15) is 6.61 Å². The number of amides is 1. The number of sulfonamides is 1. The smallest absolute Gasteiger partial charge is 0.243 e. The van der Waals surface area contributed by atoms with Crippen molar-refractivity contribution in [3.8, 4) is 11.5 Å². The molecule has 0 radical (unpaired) electrons. The van der Waals surface area contributed by atoms with Crippen molar-refractivity contribution in [2.75, 3.05) is 26.8 Å². The Labute approximate surface area is 227 Å². The van der Waals surface area contributed by atoms with Gasteiger partial charge in [0.2, 0.25) is 15.9 Å². The minimum absolute atomic E-state index is 0.111. The molecule has 0 fully saturated rings. The fourth-order valence-corrected chi connectivity index (χ4v) is 7.14. The third-order valence-electron chi connectivity index (χ3n) is 6.67. The monoisotopic (exact) mass is 562 g/mol. The molecule has 0 spiro atoms. The third kappa shape index (κ3) is 5.95. The van der Waals surface area contributed by atoms with Crippen LogP contribution < -0.4 is 9.47 Å². The van der Waals surface area contributed by atoms with E-state index in [1.54, 1.807) is 35.5 Å². The Bertz CT molecular complexity index is 1330. The van der Waals surface area contributed by atoms with E-state index >= 15 is 0 Å². The molecule has 198 valence electrons. The topological polar surface area (TPSA) is 76.2 Å². The summed E-state index contributed by atoms with van der Waals surface area (Å²) in [5.74, 6) is 0.938. The quantitative estimate of drug-likeness (QED) is 0.330. The Morgan fingerprint density at radius 3 is 2.54 bits per heavy atom. The van der Waals surface area contributed by atoms with Gasteiger partial charge in [-0.15, -0.1) is 11.3 Å². The largest absolute Gasteiger partial charge is 0.493 e. The number of halogens is 1. The van der Waals surface area contributed by atoms with Crippen LogP contribution in [0.25, 0.3) is 0 Å². The first-order valence-corrected chi connectivity index (χ1v) is 14.8. The normalized spacial score (nSPS) is 16.4. The number of para-hydroxylation sites is 2. The van der Waals surface area contributed by atoms with Crippen molar-refractivity contribution in [2.24, 2.45) is 0 Å². The summed E-state index contributed by atoms with van der Waals surface area (Å²) < 4.78 is 40.0. The average Bonchev–Trinajstić information content (AvgIpc) is 3.39. The maximum atomic E-state index is 13.8. The number of rotatable bonds is 10. The average molecular weight is 563 g/mol. The Morgan fingerprint density at radius 1 is 1.16 bits per heavy atom. The lowest BCUT2D eigenvalue weighted by molar-refractivity contribution is -0.135. The molecular formula is C27H31ClN2O5S2. The first-order chi connectivity index (χ1) is 17.8. The number of fused-ring (bicyclic) bond motifs is 1. The standard InChI is InChI=1S/C27H31ClN2O5S2/c1-4-19(2)30(37(32,33)21-11-9-20(28)10-12-21)17-27(31)29-15-13-26-22(14-16-36-26)23(29)18-35-25-8-6-5-7-24(25)34-3/h5-12,14,16,19,23H,4,13,15,17-18H2,1-3H3/t19-,23-/m1/s1. The second-order valence-corrected chi connectivity index (χ2v) is 12.2. The first-order valence-electron chi connectivity index (χ1n) is 12.1. The number of methoxy groups -OCH3 is 1. The molecular weight excluding hydrogens is 532 g/mol. The number of ether oxygens (including phenoxy) is 2. The molecule has 2 heterocycles. The molecule has 1 aliphatic heterocycles. The summed E-state index contributed by atoms with van der Waals surface area (Å²) in [6.07, 6.45) is 1.28. The van der Waals surface area contributed by atoms with E-state index in [4.69, 9.17) is 21.1 Å². The zero-order chi connectivity index (χ0) is 26.6. The number of carbonyl (C=O) groups excluding carboxylic acids is 1. The Hall–Kier alpha value is -2.59. The summed E-state index contributed by atoms with van der Waals surface area (Å²) in [5, 5.41) is 2.47. The number of hydrogen-bond donors (Lipinski definition) is 0. The maximum Gasteiger partial charge on any atom is 0.243 e. The summed E-state index contributed by atoms with van der Waals surface area (Å²) in [7, 11) is -2.33. The fourth-order valence-electron chi connectivity index (χ4n) is 4.43. The van der Waals surface area contributed by atoms with Crippen LogP contribution in [-0.4, -0.2) is 56.4 Å². The van der Waals surface area contributed by atoms with E-state index in [1.807, 2.05) is 49.6 Å². The van der Waals surface area contributed by atoms with Crippen LogP contribution in [0.1, 0.15) is 36.8 Å². The molecule has 0 N–H and O–H groups in total. The molecule has 1 amide bonds. The summed E-state index contributed by atoms with van der Waals surface area (Å²) >= 11 is 7.63. The lowest BCUT2D eigenvalue weighted by Gasteiger charge is -2.37. The number of carbonyl (C=O) groups is 1. The van der Waals surface area contributed by atoms with Crippen molar-refractivity contribution >= 4 is 38.9 Å². The minimum atomic E-state index is -3.91. The van der Waals surface area contributed by atoms with Crippen molar-refractivity contribution < 1.29 is 22.7 Å². The molecule has 10 heteroatoms. The van der Waals surface area contributed by atoms with Crippen LogP contribution in [-0.2, 0) is 21.2 Å². The SMILES string of the molecule is CC[C@@H](C)N(CC(=O)N1CCc2sccc2[C@H]1COc1ccccc1OC)S(=O)(=O)c1ccc(Cl)cc1. The van der Waals surface area contributed by atoms with Gasteiger partial charge in [0.25, 0.3) is 0 Å². The van der Waals surface area contributed by atoms with Crippen molar-refractivity contribution in [3.05, 3.63) is 75.4 Å². The predicted molar refractivity (Wildman–Crippen MR) is 146 cm³/mol. The van der Waals surface area contributed by atoms with Crippen LogP contribution in [0, 0.1) is 0 Å². The Kier molecular flexibility index (Phi) is 8.79. The third-order valence-corrected chi connectivity index (χ3v) is 9.90. The molecule has 2 aromatic carbocycles. The van der Waals surface area contributed by atoms with E-state index in [0.717, 1.165) is 12.0 Å². The second kappa shape index (κ2) is 11.9. The van der Waals surface area contributed by atoms with E-state index in [0.29, 0.717) is 29.5 Å². The predicted octanol–water partition coefficient (Wildman–Crippen LogP) is 5.40. The molecule has 37 heavy (non-hydrogen) atoms. The summed E-state index contributed by atoms with van der Waals surface area (Å²) in [6, 6.07) is 14.7. The molecule has 1 aliphatic rings. The van der Waals surface area contributed by atoms with Gasteiger partial charge in [0, 0.05) is 22.5 Å². The molecule has 0 saturated heterocycles. The van der Waals surface area contributed by atoms with Crippen LogP contribution in [0.2, 0.25) is 5.02 Å². The Morgan fingerprint density at radius 2 is 1.86 bits per heavy atom. The van der Waals surface area contributed by atoms with Crippen molar-refractivity contribution in [2.45, 2.75) is 43.7 Å². The van der Waals surface area contributed by atoms with Gasteiger partial charge < -0.3 is 14.4 Å². The van der Waals surface area contributed by atoms with Crippen molar-refractivity contribution in [1.29, 1.82) is 0 Å². The van der Waals surface area contributed by atoms with Gasteiger partial charge in [-0.25, -0.2) is 8.42 Å². The van der Waals surface area contributed by atoms with Crippen molar-refractivity contribution in [3.63, 3.8) is 0 Å². The highest BCUT2D eigenvalue weighted by Crippen LogP contribution is 2.35. The first kappa shape index (κ1) is 27.4. The van der Waals surface area contributed by atoms with E-state index in [1.165, 1.54) is 21.3 Å². The van der Waals surface area contributed by atoms with Crippen LogP contribution >= 0.6 is 22.9 Å². The molecule has 0 aliphatic carbocycles. The van der Waals surface area contributed by atoms with Crippen LogP contribution in [0.4, 0.5) is 0 Å². The number of benzene rings is 2. The van der Waals surface area contributed by atoms with Gasteiger partial charge in [-0.3, -0.25) is 4.79 Å². The minimum Gasteiger partial charge on any atom is -0.493 e. The summed E-state index contributed by atoms with van der Waals surface area (Å²) in [4.78, 5) is 16.8. The maximum absolute atomic E-state index is 13.8. The highest BCUT2D eigenvalue weighted by Gasteiger charge is 2.36. The van der Waals surface area contributed by atoms with Crippen LogP contribution in [0.5, 0.6) is 11.5 Å². The molecule has 2 atom stereocenters. The lowest BCUT2D eigenvalue weighted by Crippen LogP contribution is -2.49. The second-order valence-electron chi connectivity index (χ2n) is 8.88. The molecule has 0 unspecified atom stereocenters. The Balaban J connectivity index is 1.60. The molecule has 0 bridgehead atoms. The van der Waals surface area contributed by atoms with Crippen LogP contribution in [0.3, 0.4) is 0 Å². The van der Waals surface area contributed by atoms with E-state index < -0.39 is 10.0 Å².